The van der Waals surface area contributed by atoms with Gasteiger partial charge in [-0.15, -0.1) is 12.4 Å². The maximum absolute atomic E-state index is 5.89. The average molecular weight is 401 g/mol. The van der Waals surface area contributed by atoms with Gasteiger partial charge in [0.2, 0.25) is 0 Å². The minimum Gasteiger partial charge on any atom is -0.460 e. The molecule has 0 radical (unpaired) electrons. The molecule has 2 rings (SSSR count). The van der Waals surface area contributed by atoms with Gasteiger partial charge in [-0.05, 0) is 37.2 Å². The normalized spacial score (nSPS) is 10.5. The quantitative estimate of drug-likeness (QED) is 0.455. The number of furan rings is 1. The van der Waals surface area contributed by atoms with Crippen molar-refractivity contribution in [2.45, 2.75) is 52.0 Å². The van der Waals surface area contributed by atoms with Crippen LogP contribution in [-0.4, -0.2) is 6.54 Å². The Kier molecular flexibility index (Phi) is 10.3. The Hall–Kier alpha value is -0.770. The number of rotatable bonds is 10. The van der Waals surface area contributed by atoms with E-state index in [9.17, 15) is 0 Å². The number of unbranched alkanes of at least 4 members (excludes halogenated alkanes) is 5. The van der Waals surface area contributed by atoms with E-state index in [0.717, 1.165) is 34.6 Å². The highest BCUT2D eigenvalue weighted by Crippen LogP contribution is 2.23. The summed E-state index contributed by atoms with van der Waals surface area (Å²) in [4.78, 5) is 0. The number of hydrogen-bond donors (Lipinski definition) is 1. The molecule has 0 aliphatic rings. The van der Waals surface area contributed by atoms with E-state index in [0.29, 0.717) is 0 Å². The van der Waals surface area contributed by atoms with Crippen molar-refractivity contribution in [3.63, 3.8) is 0 Å². The van der Waals surface area contributed by atoms with Gasteiger partial charge in [0.25, 0.3) is 0 Å². The van der Waals surface area contributed by atoms with Crippen LogP contribution < -0.4 is 5.32 Å². The van der Waals surface area contributed by atoms with Gasteiger partial charge in [-0.1, -0.05) is 67.1 Å². The average Bonchev–Trinajstić information content (AvgIpc) is 2.99. The summed E-state index contributed by atoms with van der Waals surface area (Å²) in [6.07, 6.45) is 8.02. The molecule has 0 saturated heterocycles. The van der Waals surface area contributed by atoms with Crippen molar-refractivity contribution in [3.8, 4) is 11.3 Å². The molecule has 23 heavy (non-hydrogen) atoms. The van der Waals surface area contributed by atoms with Gasteiger partial charge in [-0.3, -0.25) is 0 Å². The van der Waals surface area contributed by atoms with Crippen LogP contribution in [0.25, 0.3) is 11.3 Å². The van der Waals surface area contributed by atoms with Crippen LogP contribution in [0.3, 0.4) is 0 Å². The predicted octanol–water partition coefficient (Wildman–Crippen LogP) is 6.58. The summed E-state index contributed by atoms with van der Waals surface area (Å²) in [5, 5.41) is 3.47. The van der Waals surface area contributed by atoms with Crippen LogP contribution in [0, 0.1) is 0 Å². The van der Waals surface area contributed by atoms with Crippen LogP contribution in [0.1, 0.15) is 51.2 Å². The minimum atomic E-state index is 0. The van der Waals surface area contributed by atoms with Crippen molar-refractivity contribution in [1.29, 1.82) is 0 Å². The zero-order valence-corrected chi connectivity index (χ0v) is 16.2. The minimum absolute atomic E-state index is 0. The second-order valence-corrected chi connectivity index (χ2v) is 6.63. The van der Waals surface area contributed by atoms with E-state index in [1.54, 1.807) is 0 Å². The summed E-state index contributed by atoms with van der Waals surface area (Å²) in [7, 11) is 0. The van der Waals surface area contributed by atoms with Crippen molar-refractivity contribution in [2.24, 2.45) is 0 Å². The molecule has 0 fully saturated rings. The Morgan fingerprint density at radius 2 is 1.61 bits per heavy atom. The molecule has 1 aromatic carbocycles. The molecule has 128 valence electrons. The van der Waals surface area contributed by atoms with Gasteiger partial charge < -0.3 is 9.73 Å². The van der Waals surface area contributed by atoms with Gasteiger partial charge >= 0.3 is 0 Å². The fraction of sp³-hybridized carbons (Fsp3) is 0.474. The third-order valence-electron chi connectivity index (χ3n) is 3.80. The van der Waals surface area contributed by atoms with Crippen LogP contribution in [0.4, 0.5) is 0 Å². The van der Waals surface area contributed by atoms with E-state index in [4.69, 9.17) is 4.42 Å². The van der Waals surface area contributed by atoms with Crippen LogP contribution >= 0.6 is 28.3 Å². The first kappa shape index (κ1) is 20.3. The van der Waals surface area contributed by atoms with Gasteiger partial charge in [0.05, 0.1) is 6.54 Å². The van der Waals surface area contributed by atoms with E-state index < -0.39 is 0 Å². The van der Waals surface area contributed by atoms with E-state index in [-0.39, 0.29) is 12.4 Å². The van der Waals surface area contributed by atoms with E-state index in [2.05, 4.69) is 46.4 Å². The van der Waals surface area contributed by atoms with Crippen molar-refractivity contribution in [3.05, 3.63) is 46.6 Å². The molecule has 0 amide bonds. The Balaban J connectivity index is 0.00000264. The van der Waals surface area contributed by atoms with E-state index in [1.165, 1.54) is 38.5 Å². The summed E-state index contributed by atoms with van der Waals surface area (Å²) in [5.41, 5.74) is 1.12. The first-order valence-corrected chi connectivity index (χ1v) is 9.14. The van der Waals surface area contributed by atoms with Gasteiger partial charge in [0.15, 0.2) is 0 Å². The molecule has 0 aliphatic carbocycles. The third-order valence-corrected chi connectivity index (χ3v) is 4.33. The molecule has 0 atom stereocenters. The molecular weight excluding hydrogens is 374 g/mol. The topological polar surface area (TPSA) is 25.2 Å². The summed E-state index contributed by atoms with van der Waals surface area (Å²) in [6, 6.07) is 12.3. The third kappa shape index (κ3) is 7.56. The maximum atomic E-state index is 5.89. The predicted molar refractivity (Wildman–Crippen MR) is 104 cm³/mol. The van der Waals surface area contributed by atoms with Crippen LogP contribution in [0.5, 0.6) is 0 Å². The number of nitrogens with one attached hydrogen (secondary N) is 1. The molecule has 0 aliphatic heterocycles. The van der Waals surface area contributed by atoms with Gasteiger partial charge in [-0.25, -0.2) is 0 Å². The SMILES string of the molecule is CCCCCCCCNCc1ccc(-c2ccc(Br)cc2)o1.Cl. The molecule has 1 heterocycles. The largest absolute Gasteiger partial charge is 0.460 e. The molecule has 2 nitrogen and oxygen atoms in total. The first-order chi connectivity index (χ1) is 10.8. The van der Waals surface area contributed by atoms with E-state index in [1.807, 2.05) is 18.2 Å². The summed E-state index contributed by atoms with van der Waals surface area (Å²) in [6.45, 7) is 4.14. The molecule has 2 aromatic rings. The monoisotopic (exact) mass is 399 g/mol. The fourth-order valence-corrected chi connectivity index (χ4v) is 2.75. The fourth-order valence-electron chi connectivity index (χ4n) is 2.48. The zero-order chi connectivity index (χ0) is 15.6. The lowest BCUT2D eigenvalue weighted by Gasteiger charge is -2.03. The Morgan fingerprint density at radius 3 is 2.35 bits per heavy atom. The lowest BCUT2D eigenvalue weighted by Crippen LogP contribution is -2.14. The summed E-state index contributed by atoms with van der Waals surface area (Å²) >= 11 is 3.45. The first-order valence-electron chi connectivity index (χ1n) is 8.35. The molecule has 0 spiro atoms. The van der Waals surface area contributed by atoms with Gasteiger partial charge in [0.1, 0.15) is 11.5 Å². The number of halogens is 2. The molecule has 0 bridgehead atoms. The smallest absolute Gasteiger partial charge is 0.134 e. The van der Waals surface area contributed by atoms with Crippen LogP contribution in [0.15, 0.2) is 45.3 Å². The number of benzene rings is 1. The van der Waals surface area contributed by atoms with Crippen LogP contribution in [0.2, 0.25) is 0 Å². The summed E-state index contributed by atoms with van der Waals surface area (Å²) < 4.78 is 6.98. The Bertz CT molecular complexity index is 539. The molecule has 4 heteroatoms. The second kappa shape index (κ2) is 11.7. The highest BCUT2D eigenvalue weighted by molar-refractivity contribution is 9.10. The Morgan fingerprint density at radius 1 is 0.913 bits per heavy atom. The van der Waals surface area contributed by atoms with Gasteiger partial charge in [0, 0.05) is 10.0 Å². The Labute approximate surface area is 154 Å². The van der Waals surface area contributed by atoms with Crippen molar-refractivity contribution >= 4 is 28.3 Å². The molecular formula is C19H27BrClNO. The summed E-state index contributed by atoms with van der Waals surface area (Å²) in [5.74, 6) is 1.94. The van der Waals surface area contributed by atoms with Crippen molar-refractivity contribution in [1.82, 2.24) is 5.32 Å². The molecule has 0 saturated carbocycles. The lowest BCUT2D eigenvalue weighted by molar-refractivity contribution is 0.485. The molecule has 1 aromatic heterocycles. The second-order valence-electron chi connectivity index (χ2n) is 5.72. The lowest BCUT2D eigenvalue weighted by atomic mass is 10.1. The van der Waals surface area contributed by atoms with Crippen molar-refractivity contribution in [2.75, 3.05) is 6.54 Å². The van der Waals surface area contributed by atoms with Gasteiger partial charge in [-0.2, -0.15) is 0 Å². The number of hydrogen-bond acceptors (Lipinski definition) is 2. The zero-order valence-electron chi connectivity index (χ0n) is 13.8. The van der Waals surface area contributed by atoms with Crippen LogP contribution in [-0.2, 0) is 6.54 Å². The molecule has 0 unspecified atom stereocenters. The highest BCUT2D eigenvalue weighted by atomic mass is 79.9. The standard InChI is InChI=1S/C19H26BrNO.ClH/c1-2-3-4-5-6-7-14-21-15-18-12-13-19(22-18)16-8-10-17(20)11-9-16;/h8-13,21H,2-7,14-15H2,1H3;1H. The van der Waals surface area contributed by atoms with Crippen molar-refractivity contribution < 1.29 is 4.42 Å². The highest BCUT2D eigenvalue weighted by Gasteiger charge is 2.04. The molecule has 1 N–H and O–H groups in total. The van der Waals surface area contributed by atoms with E-state index >= 15 is 0 Å². The maximum Gasteiger partial charge on any atom is 0.134 e.